The third-order valence-corrected chi connectivity index (χ3v) is 3.69. The lowest BCUT2D eigenvalue weighted by Crippen LogP contribution is -2.17. The smallest absolute Gasteiger partial charge is 0.343 e. The topological polar surface area (TPSA) is 101 Å². The lowest BCUT2D eigenvalue weighted by Gasteiger charge is -2.07. The SMILES string of the molecule is CCCn1c(Sc2nccc(C)c2C(=O)O)n[nH]c1=O. The summed E-state index contributed by atoms with van der Waals surface area (Å²) in [5.41, 5.74) is 0.449. The molecule has 0 fully saturated rings. The first-order chi connectivity index (χ1) is 9.54. The van der Waals surface area contributed by atoms with Crippen molar-refractivity contribution in [1.29, 1.82) is 0 Å². The zero-order chi connectivity index (χ0) is 14.7. The third-order valence-electron chi connectivity index (χ3n) is 2.70. The van der Waals surface area contributed by atoms with Gasteiger partial charge in [-0.1, -0.05) is 6.92 Å². The summed E-state index contributed by atoms with van der Waals surface area (Å²) in [6.45, 7) is 4.17. The molecule has 20 heavy (non-hydrogen) atoms. The van der Waals surface area contributed by atoms with Gasteiger partial charge in [-0.05, 0) is 36.7 Å². The van der Waals surface area contributed by atoms with Gasteiger partial charge in [0.15, 0.2) is 5.16 Å². The first-order valence-electron chi connectivity index (χ1n) is 6.06. The zero-order valence-corrected chi connectivity index (χ0v) is 11.9. The summed E-state index contributed by atoms with van der Waals surface area (Å²) >= 11 is 1.07. The molecule has 0 aliphatic rings. The molecule has 2 aromatic rings. The van der Waals surface area contributed by atoms with E-state index >= 15 is 0 Å². The fraction of sp³-hybridized carbons (Fsp3) is 0.333. The van der Waals surface area contributed by atoms with Crippen molar-refractivity contribution in [3.63, 3.8) is 0 Å². The number of nitrogens with one attached hydrogen (secondary N) is 1. The summed E-state index contributed by atoms with van der Waals surface area (Å²) in [6, 6.07) is 1.64. The van der Waals surface area contributed by atoms with Crippen molar-refractivity contribution in [2.75, 3.05) is 0 Å². The summed E-state index contributed by atoms with van der Waals surface area (Å²) in [5.74, 6) is -1.04. The van der Waals surface area contributed by atoms with Crippen LogP contribution >= 0.6 is 11.8 Å². The molecule has 0 unspecified atom stereocenters. The number of aryl methyl sites for hydroxylation is 1. The number of aromatic amines is 1. The number of carboxylic acid groups (broad SMARTS) is 1. The van der Waals surface area contributed by atoms with Crippen molar-refractivity contribution < 1.29 is 9.90 Å². The largest absolute Gasteiger partial charge is 0.478 e. The molecule has 7 nitrogen and oxygen atoms in total. The molecule has 0 saturated heterocycles. The van der Waals surface area contributed by atoms with Gasteiger partial charge in [-0.3, -0.25) is 4.57 Å². The lowest BCUT2D eigenvalue weighted by atomic mass is 10.2. The Morgan fingerprint density at radius 2 is 2.30 bits per heavy atom. The second kappa shape index (κ2) is 5.91. The molecule has 0 aliphatic carbocycles. The maximum Gasteiger partial charge on any atom is 0.343 e. The Bertz CT molecular complexity index is 692. The molecule has 106 valence electrons. The van der Waals surface area contributed by atoms with Crippen molar-refractivity contribution in [2.45, 2.75) is 37.0 Å². The summed E-state index contributed by atoms with van der Waals surface area (Å²) in [6.07, 6.45) is 2.32. The van der Waals surface area contributed by atoms with Crippen molar-refractivity contribution in [1.82, 2.24) is 19.7 Å². The first-order valence-corrected chi connectivity index (χ1v) is 6.88. The van der Waals surface area contributed by atoms with Gasteiger partial charge in [0.25, 0.3) is 0 Å². The number of aromatic nitrogens is 4. The van der Waals surface area contributed by atoms with Crippen LogP contribution in [0.1, 0.15) is 29.3 Å². The van der Waals surface area contributed by atoms with Crippen LogP contribution in [0.15, 0.2) is 27.2 Å². The minimum atomic E-state index is -1.04. The molecule has 2 N–H and O–H groups in total. The minimum absolute atomic E-state index is 0.135. The summed E-state index contributed by atoms with van der Waals surface area (Å²) in [7, 11) is 0. The summed E-state index contributed by atoms with van der Waals surface area (Å²) in [5, 5.41) is 16.3. The van der Waals surface area contributed by atoms with Crippen LogP contribution in [-0.2, 0) is 6.54 Å². The Labute approximate surface area is 119 Å². The average molecular weight is 294 g/mol. The number of pyridine rings is 1. The zero-order valence-electron chi connectivity index (χ0n) is 11.1. The summed E-state index contributed by atoms with van der Waals surface area (Å²) in [4.78, 5) is 27.0. The highest BCUT2D eigenvalue weighted by Gasteiger charge is 2.18. The van der Waals surface area contributed by atoms with E-state index in [0.29, 0.717) is 22.3 Å². The van der Waals surface area contributed by atoms with Gasteiger partial charge < -0.3 is 5.11 Å². The predicted molar refractivity (Wildman–Crippen MR) is 73.2 cm³/mol. The number of hydrogen-bond acceptors (Lipinski definition) is 5. The number of carbonyl (C=O) groups is 1. The van der Waals surface area contributed by atoms with Crippen LogP contribution in [0.4, 0.5) is 0 Å². The Hall–Kier alpha value is -2.09. The maximum absolute atomic E-state index is 11.6. The number of aromatic carboxylic acids is 1. The highest BCUT2D eigenvalue weighted by Crippen LogP contribution is 2.28. The second-order valence-electron chi connectivity index (χ2n) is 4.18. The van der Waals surface area contributed by atoms with Gasteiger partial charge in [-0.2, -0.15) is 0 Å². The molecular formula is C12H14N4O3S. The van der Waals surface area contributed by atoms with Gasteiger partial charge in [0.05, 0.1) is 5.56 Å². The maximum atomic E-state index is 11.6. The molecule has 0 radical (unpaired) electrons. The monoisotopic (exact) mass is 294 g/mol. The molecule has 2 heterocycles. The Morgan fingerprint density at radius 1 is 1.55 bits per heavy atom. The van der Waals surface area contributed by atoms with Gasteiger partial charge >= 0.3 is 11.7 Å². The second-order valence-corrected chi connectivity index (χ2v) is 5.13. The van der Waals surface area contributed by atoms with E-state index in [0.717, 1.165) is 18.2 Å². The fourth-order valence-electron chi connectivity index (χ4n) is 1.76. The number of nitrogens with zero attached hydrogens (tertiary/aromatic N) is 3. The number of hydrogen-bond donors (Lipinski definition) is 2. The molecule has 8 heteroatoms. The van der Waals surface area contributed by atoms with Crippen LogP contribution in [0, 0.1) is 6.92 Å². The van der Waals surface area contributed by atoms with E-state index in [2.05, 4.69) is 15.2 Å². The number of rotatable bonds is 5. The Kier molecular flexibility index (Phi) is 4.23. The van der Waals surface area contributed by atoms with Crippen molar-refractivity contribution in [2.24, 2.45) is 0 Å². The van der Waals surface area contributed by atoms with Crippen LogP contribution in [0.25, 0.3) is 0 Å². The van der Waals surface area contributed by atoms with Gasteiger partial charge in [0, 0.05) is 12.7 Å². The number of carboxylic acids is 1. The van der Waals surface area contributed by atoms with Crippen molar-refractivity contribution in [3.05, 3.63) is 33.9 Å². The molecule has 0 amide bonds. The van der Waals surface area contributed by atoms with Crippen LogP contribution in [0.5, 0.6) is 0 Å². The number of H-pyrrole nitrogens is 1. The van der Waals surface area contributed by atoms with Crippen molar-refractivity contribution in [3.8, 4) is 0 Å². The van der Waals surface area contributed by atoms with Gasteiger partial charge in [0.2, 0.25) is 0 Å². The van der Waals surface area contributed by atoms with E-state index in [4.69, 9.17) is 0 Å². The van der Waals surface area contributed by atoms with Crippen LogP contribution in [-0.4, -0.2) is 30.8 Å². The van der Waals surface area contributed by atoms with Crippen molar-refractivity contribution >= 4 is 17.7 Å². The third kappa shape index (κ3) is 2.74. The lowest BCUT2D eigenvalue weighted by molar-refractivity contribution is 0.0691. The van der Waals surface area contributed by atoms with E-state index in [-0.39, 0.29) is 11.3 Å². The van der Waals surface area contributed by atoms with Crippen LogP contribution in [0.3, 0.4) is 0 Å². The standard InChI is InChI=1S/C12H14N4O3S/c1-3-6-16-11(19)14-15-12(16)20-9-8(10(17)18)7(2)4-5-13-9/h4-5H,3,6H2,1-2H3,(H,14,19)(H,17,18). The predicted octanol–water partition coefficient (Wildman–Crippen LogP) is 1.53. The van der Waals surface area contributed by atoms with E-state index in [1.54, 1.807) is 19.2 Å². The van der Waals surface area contributed by atoms with Gasteiger partial charge in [-0.25, -0.2) is 19.7 Å². The van der Waals surface area contributed by atoms with Gasteiger partial charge in [-0.15, -0.1) is 5.10 Å². The van der Waals surface area contributed by atoms with Crippen LogP contribution in [0.2, 0.25) is 0 Å². The fourth-order valence-corrected chi connectivity index (χ4v) is 2.77. The Morgan fingerprint density at radius 3 is 2.95 bits per heavy atom. The Balaban J connectivity index is 2.43. The molecular weight excluding hydrogens is 280 g/mol. The highest BCUT2D eigenvalue weighted by molar-refractivity contribution is 7.99. The first kappa shape index (κ1) is 14.3. The quantitative estimate of drug-likeness (QED) is 0.867. The van der Waals surface area contributed by atoms with Gasteiger partial charge in [0.1, 0.15) is 5.03 Å². The molecule has 0 aromatic carbocycles. The highest BCUT2D eigenvalue weighted by atomic mass is 32.2. The van der Waals surface area contributed by atoms with Crippen LogP contribution < -0.4 is 5.69 Å². The molecule has 0 bridgehead atoms. The molecule has 2 aromatic heterocycles. The van der Waals surface area contributed by atoms with E-state index in [1.165, 1.54) is 4.57 Å². The van der Waals surface area contributed by atoms with E-state index in [1.807, 2.05) is 6.92 Å². The average Bonchev–Trinajstić information content (AvgIpc) is 2.72. The molecule has 0 atom stereocenters. The normalized spacial score (nSPS) is 10.7. The molecule has 2 rings (SSSR count). The molecule has 0 saturated carbocycles. The van der Waals surface area contributed by atoms with E-state index in [9.17, 15) is 14.7 Å². The van der Waals surface area contributed by atoms with E-state index < -0.39 is 5.97 Å². The minimum Gasteiger partial charge on any atom is -0.478 e. The molecule has 0 spiro atoms. The summed E-state index contributed by atoms with van der Waals surface area (Å²) < 4.78 is 1.47. The molecule has 0 aliphatic heterocycles.